The first kappa shape index (κ1) is 22.9. The number of hydrogen-bond acceptors (Lipinski definition) is 4. The Morgan fingerprint density at radius 1 is 1.12 bits per heavy atom. The van der Waals surface area contributed by atoms with Crippen molar-refractivity contribution in [3.05, 3.63) is 76.4 Å². The summed E-state index contributed by atoms with van der Waals surface area (Å²) in [6.07, 6.45) is 8.66. The van der Waals surface area contributed by atoms with E-state index >= 15 is 0 Å². The Labute approximate surface area is 193 Å². The van der Waals surface area contributed by atoms with Crippen molar-refractivity contribution >= 4 is 10.9 Å². The highest BCUT2D eigenvalue weighted by atomic mass is 19.1. The molecule has 1 aliphatic heterocycles. The number of pyridine rings is 1. The van der Waals surface area contributed by atoms with Crippen LogP contribution in [0.2, 0.25) is 0 Å². The number of nitrogens with one attached hydrogen (secondary N) is 1. The van der Waals surface area contributed by atoms with Crippen molar-refractivity contribution in [2.24, 2.45) is 7.05 Å². The number of hydrogen-bond donors (Lipinski definition) is 1. The van der Waals surface area contributed by atoms with E-state index in [4.69, 9.17) is 0 Å². The second kappa shape index (κ2) is 9.67. The van der Waals surface area contributed by atoms with E-state index in [9.17, 15) is 9.18 Å². The van der Waals surface area contributed by atoms with Gasteiger partial charge < -0.3 is 9.88 Å². The summed E-state index contributed by atoms with van der Waals surface area (Å²) in [5.41, 5.74) is 6.49. The molecule has 4 aromatic rings. The van der Waals surface area contributed by atoms with Gasteiger partial charge in [0.2, 0.25) is 0 Å². The molecule has 0 spiro atoms. The van der Waals surface area contributed by atoms with Crippen molar-refractivity contribution in [2.45, 2.75) is 39.2 Å². The van der Waals surface area contributed by atoms with Gasteiger partial charge in [-0.05, 0) is 42.7 Å². The first-order valence-corrected chi connectivity index (χ1v) is 11.3. The van der Waals surface area contributed by atoms with Crippen molar-refractivity contribution in [1.29, 1.82) is 0 Å². The molecule has 7 heteroatoms. The lowest BCUT2D eigenvalue weighted by Gasteiger charge is -2.25. The van der Waals surface area contributed by atoms with Gasteiger partial charge in [-0.2, -0.15) is 0 Å². The van der Waals surface area contributed by atoms with Crippen LogP contribution in [0.25, 0.3) is 27.7 Å². The molecule has 4 heterocycles. The largest absolute Gasteiger partial charge is 0.347 e. The summed E-state index contributed by atoms with van der Waals surface area (Å²) in [6.45, 7) is 5.09. The minimum absolute atomic E-state index is 0.0677. The molecule has 3 aromatic heterocycles. The quantitative estimate of drug-likeness (QED) is 0.494. The highest BCUT2D eigenvalue weighted by Crippen LogP contribution is 2.36. The Bertz CT molecular complexity index is 1320. The summed E-state index contributed by atoms with van der Waals surface area (Å²) in [5.74, 6) is 0.715. The minimum atomic E-state index is -0.0677. The summed E-state index contributed by atoms with van der Waals surface area (Å²) in [5, 5.41) is 4.97. The fourth-order valence-corrected chi connectivity index (χ4v) is 4.76. The molecule has 33 heavy (non-hydrogen) atoms. The third-order valence-corrected chi connectivity index (χ3v) is 6.34. The molecule has 0 amide bonds. The molecule has 1 unspecified atom stereocenters. The van der Waals surface area contributed by atoms with Gasteiger partial charge in [0.05, 0.1) is 18.4 Å². The number of rotatable bonds is 4. The fraction of sp³-hybridized carbons (Fsp3) is 0.346. The van der Waals surface area contributed by atoms with Gasteiger partial charge >= 0.3 is 0 Å². The second-order valence-corrected chi connectivity index (χ2v) is 8.31. The van der Waals surface area contributed by atoms with E-state index in [1.165, 1.54) is 22.2 Å². The van der Waals surface area contributed by atoms with Crippen molar-refractivity contribution in [2.75, 3.05) is 13.7 Å². The maximum absolute atomic E-state index is 12.9. The number of aryl methyl sites for hydroxylation is 2. The zero-order valence-corrected chi connectivity index (χ0v) is 19.6. The molecular weight excluding hydrogens is 417 g/mol. The topological polar surface area (TPSA) is 64.7 Å². The molecule has 0 radical (unpaired) electrons. The Kier molecular flexibility index (Phi) is 6.70. The first-order chi connectivity index (χ1) is 16.1. The predicted octanol–water partition coefficient (Wildman–Crippen LogP) is 4.67. The molecule has 1 aliphatic rings. The molecule has 6 nitrogen and oxygen atoms in total. The van der Waals surface area contributed by atoms with Crippen molar-refractivity contribution in [3.63, 3.8) is 0 Å². The van der Waals surface area contributed by atoms with Gasteiger partial charge in [-0.15, -0.1) is 0 Å². The van der Waals surface area contributed by atoms with E-state index in [1.54, 1.807) is 23.0 Å². The average Bonchev–Trinajstić information content (AvgIpc) is 3.13. The molecule has 172 valence electrons. The van der Waals surface area contributed by atoms with Crippen LogP contribution in [0.3, 0.4) is 0 Å². The molecule has 0 bridgehead atoms. The molecule has 1 aromatic carbocycles. The maximum Gasteiger partial charge on any atom is 0.255 e. The summed E-state index contributed by atoms with van der Waals surface area (Å²) in [4.78, 5) is 21.4. The SMILES string of the molecule is CCCC1NCCc2c1c1ccc(-n3ccc(-c4cnc(C)nc4)cc3=O)cc1n2C.CF. The second-order valence-electron chi connectivity index (χ2n) is 8.31. The molecule has 5 rings (SSSR count). The van der Waals surface area contributed by atoms with Crippen LogP contribution in [0.4, 0.5) is 4.39 Å². The van der Waals surface area contributed by atoms with Gasteiger partial charge in [-0.3, -0.25) is 13.8 Å². The number of alkyl halides is 1. The smallest absolute Gasteiger partial charge is 0.255 e. The fourth-order valence-electron chi connectivity index (χ4n) is 4.76. The normalized spacial score (nSPS) is 15.1. The lowest BCUT2D eigenvalue weighted by molar-refractivity contribution is 0.466. The lowest BCUT2D eigenvalue weighted by Crippen LogP contribution is -2.30. The van der Waals surface area contributed by atoms with Crippen LogP contribution in [0.1, 0.15) is 42.9 Å². The highest BCUT2D eigenvalue weighted by molar-refractivity contribution is 5.88. The Morgan fingerprint density at radius 3 is 2.58 bits per heavy atom. The number of nitrogens with zero attached hydrogens (tertiary/aromatic N) is 4. The number of fused-ring (bicyclic) bond motifs is 3. The molecule has 0 saturated carbocycles. The maximum atomic E-state index is 12.9. The number of benzene rings is 1. The first-order valence-electron chi connectivity index (χ1n) is 11.3. The van der Waals surface area contributed by atoms with Crippen LogP contribution in [0, 0.1) is 6.92 Å². The molecule has 0 aliphatic carbocycles. The van der Waals surface area contributed by atoms with Gasteiger partial charge in [-0.25, -0.2) is 9.97 Å². The van der Waals surface area contributed by atoms with Crippen LogP contribution in [0.15, 0.2) is 53.7 Å². The van der Waals surface area contributed by atoms with Gasteiger partial charge in [0.25, 0.3) is 5.56 Å². The summed E-state index contributed by atoms with van der Waals surface area (Å²) in [6, 6.07) is 10.4. The minimum Gasteiger partial charge on any atom is -0.347 e. The summed E-state index contributed by atoms with van der Waals surface area (Å²) >= 11 is 0. The molecule has 0 saturated heterocycles. The zero-order chi connectivity index (χ0) is 23.5. The summed E-state index contributed by atoms with van der Waals surface area (Å²) < 4.78 is 13.5. The van der Waals surface area contributed by atoms with E-state index in [0.717, 1.165) is 42.6 Å². The predicted molar refractivity (Wildman–Crippen MR) is 131 cm³/mol. The van der Waals surface area contributed by atoms with Crippen LogP contribution >= 0.6 is 0 Å². The monoisotopic (exact) mass is 447 g/mol. The van der Waals surface area contributed by atoms with Crippen LogP contribution in [-0.4, -0.2) is 32.8 Å². The third kappa shape index (κ3) is 4.20. The Morgan fingerprint density at radius 2 is 1.88 bits per heavy atom. The van der Waals surface area contributed by atoms with E-state index in [0.29, 0.717) is 19.0 Å². The van der Waals surface area contributed by atoms with E-state index in [-0.39, 0.29) is 5.56 Å². The van der Waals surface area contributed by atoms with Crippen LogP contribution < -0.4 is 10.9 Å². The average molecular weight is 448 g/mol. The van der Waals surface area contributed by atoms with Crippen molar-refractivity contribution < 1.29 is 4.39 Å². The van der Waals surface area contributed by atoms with Crippen LogP contribution in [-0.2, 0) is 13.5 Å². The third-order valence-electron chi connectivity index (χ3n) is 6.34. The van der Waals surface area contributed by atoms with Crippen molar-refractivity contribution in [3.8, 4) is 16.8 Å². The van der Waals surface area contributed by atoms with Gasteiger partial charge in [0.1, 0.15) is 5.82 Å². The van der Waals surface area contributed by atoms with Gasteiger partial charge in [-0.1, -0.05) is 19.4 Å². The summed E-state index contributed by atoms with van der Waals surface area (Å²) in [7, 11) is 2.64. The Balaban J connectivity index is 0.00000126. The number of halogens is 1. The van der Waals surface area contributed by atoms with E-state index < -0.39 is 0 Å². The Hall–Kier alpha value is -3.32. The number of aromatic nitrogens is 4. The van der Waals surface area contributed by atoms with Gasteiger partial charge in [0, 0.05) is 67.4 Å². The van der Waals surface area contributed by atoms with Crippen LogP contribution in [0.5, 0.6) is 0 Å². The molecule has 1 atom stereocenters. The zero-order valence-electron chi connectivity index (χ0n) is 19.6. The molecular formula is C26H30FN5O. The highest BCUT2D eigenvalue weighted by Gasteiger charge is 2.25. The molecule has 1 N–H and O–H groups in total. The van der Waals surface area contributed by atoms with E-state index in [2.05, 4.69) is 52.0 Å². The van der Waals surface area contributed by atoms with Crippen molar-refractivity contribution in [1.82, 2.24) is 24.4 Å². The van der Waals surface area contributed by atoms with Gasteiger partial charge in [0.15, 0.2) is 0 Å². The lowest BCUT2D eigenvalue weighted by atomic mass is 9.94. The standard InChI is InChI=1S/C25H27N5O.CH3F/c1-4-5-21-25-20-7-6-19(13-23(20)29(3)22(25)8-10-26-21)30-11-9-17(12-24(30)31)18-14-27-16(2)28-15-18;1-2/h6-7,9,11-15,21,26H,4-5,8,10H2,1-3H3;1H3. The molecule has 0 fully saturated rings. The van der Waals surface area contributed by atoms with E-state index in [1.807, 2.05) is 19.2 Å².